The van der Waals surface area contributed by atoms with Gasteiger partial charge in [-0.05, 0) is 135 Å². The molecular formula is C83H140O17P2. The Kier molecular flexibility index (Phi) is 71.0. The van der Waals surface area contributed by atoms with E-state index < -0.39 is 97.5 Å². The summed E-state index contributed by atoms with van der Waals surface area (Å²) in [6.45, 7) is 4.51. The number of aliphatic hydroxyl groups is 1. The maximum absolute atomic E-state index is 13.1. The van der Waals surface area contributed by atoms with Crippen molar-refractivity contribution in [2.45, 2.75) is 329 Å². The smallest absolute Gasteiger partial charge is 0.462 e. The van der Waals surface area contributed by atoms with Crippen LogP contribution in [0.1, 0.15) is 310 Å². The number of rotatable bonds is 73. The summed E-state index contributed by atoms with van der Waals surface area (Å²) in [5.74, 6) is -2.24. The molecule has 0 saturated carbocycles. The van der Waals surface area contributed by atoms with E-state index in [-0.39, 0.29) is 25.7 Å². The lowest BCUT2D eigenvalue weighted by atomic mass is 10.1. The Morgan fingerprint density at radius 2 is 0.529 bits per heavy atom. The number of esters is 4. The number of ether oxygens (including phenoxy) is 4. The number of hydrogen-bond acceptors (Lipinski definition) is 15. The van der Waals surface area contributed by atoms with Crippen molar-refractivity contribution in [2.75, 3.05) is 39.6 Å². The summed E-state index contributed by atoms with van der Waals surface area (Å²) in [7, 11) is -9.97. The van der Waals surface area contributed by atoms with Gasteiger partial charge < -0.3 is 33.8 Å². The van der Waals surface area contributed by atoms with Crippen molar-refractivity contribution in [3.63, 3.8) is 0 Å². The van der Waals surface area contributed by atoms with Gasteiger partial charge in [-0.15, -0.1) is 0 Å². The lowest BCUT2D eigenvalue weighted by molar-refractivity contribution is -0.161. The molecule has 0 radical (unpaired) electrons. The average Bonchev–Trinajstić information content (AvgIpc) is 0.907. The second-order valence-corrected chi connectivity index (χ2v) is 28.8. The molecule has 5 atom stereocenters. The van der Waals surface area contributed by atoms with Crippen LogP contribution in [0.5, 0.6) is 0 Å². The fourth-order valence-corrected chi connectivity index (χ4v) is 11.7. The third-order valence-corrected chi connectivity index (χ3v) is 18.0. The van der Waals surface area contributed by atoms with Crippen molar-refractivity contribution in [1.82, 2.24) is 0 Å². The largest absolute Gasteiger partial charge is 0.472 e. The van der Waals surface area contributed by atoms with Gasteiger partial charge in [-0.1, -0.05) is 283 Å². The highest BCUT2D eigenvalue weighted by Gasteiger charge is 2.30. The highest BCUT2D eigenvalue weighted by molar-refractivity contribution is 7.47. The molecule has 584 valence electrons. The van der Waals surface area contributed by atoms with Crippen LogP contribution in [0.4, 0.5) is 0 Å². The maximum Gasteiger partial charge on any atom is 0.472 e. The molecule has 0 spiro atoms. The van der Waals surface area contributed by atoms with E-state index in [0.717, 1.165) is 193 Å². The molecule has 0 aliphatic rings. The molecule has 0 aromatic carbocycles. The standard InChI is InChI=1S/C83H140O17P2/c1-5-9-13-17-21-25-29-32-34-36-38-40-42-45-48-51-55-59-63-67-80(85)93-73-78(99-82(87)69-65-61-57-53-47-28-24-20-16-12-8-4)75-97-101(89,90)95-71-77(84)72-96-102(91,92)98-76-79(100-83(88)70-66-62-58-54-50-44-31-27-23-19-15-11-7-3)74-94-81(86)68-64-60-56-52-49-46-43-41-39-37-35-33-30-26-22-18-14-10-6-2/h9-10,13-15,19,21-22,25-27,31-35,38-41,46,49,77-79,84H,5-8,11-12,16-18,20,23-24,28-30,36-37,42-45,47-48,50-76H2,1-4H3,(H,89,90)(H,91,92)/b13-9-,14-10-,19-15-,25-21-,26-22-,31-27-,34-32-,35-33-,40-38-,41-39-,49-46-. The highest BCUT2D eigenvalue weighted by atomic mass is 31.2. The van der Waals surface area contributed by atoms with Crippen molar-refractivity contribution < 1.29 is 80.2 Å². The molecule has 0 fully saturated rings. The van der Waals surface area contributed by atoms with E-state index in [1.807, 2.05) is 0 Å². The Morgan fingerprint density at radius 3 is 0.833 bits per heavy atom. The number of allylic oxidation sites excluding steroid dienone is 22. The van der Waals surface area contributed by atoms with Crippen molar-refractivity contribution in [3.8, 4) is 0 Å². The lowest BCUT2D eigenvalue weighted by Crippen LogP contribution is -2.30. The Bertz CT molecular complexity index is 2460. The van der Waals surface area contributed by atoms with Gasteiger partial charge in [0.05, 0.1) is 26.4 Å². The normalized spacial score (nSPS) is 14.6. The molecule has 0 rings (SSSR count). The number of phosphoric ester groups is 2. The van der Waals surface area contributed by atoms with E-state index in [1.165, 1.54) is 38.5 Å². The van der Waals surface area contributed by atoms with Gasteiger partial charge in [-0.25, -0.2) is 9.13 Å². The van der Waals surface area contributed by atoms with Gasteiger partial charge in [-0.3, -0.25) is 37.3 Å². The fourth-order valence-electron chi connectivity index (χ4n) is 10.2. The van der Waals surface area contributed by atoms with Gasteiger partial charge in [0.2, 0.25) is 0 Å². The van der Waals surface area contributed by atoms with E-state index in [9.17, 15) is 43.2 Å². The van der Waals surface area contributed by atoms with Crippen molar-refractivity contribution >= 4 is 39.5 Å². The van der Waals surface area contributed by atoms with Crippen LogP contribution in [-0.4, -0.2) is 96.7 Å². The quantitative estimate of drug-likeness (QED) is 0.0169. The first-order valence-electron chi connectivity index (χ1n) is 39.4. The zero-order valence-electron chi connectivity index (χ0n) is 63.7. The summed E-state index contributed by atoms with van der Waals surface area (Å²) in [6.07, 6.45) is 82.9. The lowest BCUT2D eigenvalue weighted by Gasteiger charge is -2.21. The molecule has 0 aromatic heterocycles. The van der Waals surface area contributed by atoms with E-state index in [1.54, 1.807) is 0 Å². The molecule has 102 heavy (non-hydrogen) atoms. The Balaban J connectivity index is 5.34. The zero-order chi connectivity index (χ0) is 74.6. The van der Waals surface area contributed by atoms with Gasteiger partial charge in [-0.2, -0.15) is 0 Å². The molecule has 5 unspecified atom stereocenters. The number of carbonyl (C=O) groups excluding carboxylic acids is 4. The fraction of sp³-hybridized carbons (Fsp3) is 0.687. The Hall–Kier alpha value is -4.80. The van der Waals surface area contributed by atoms with Crippen molar-refractivity contribution in [1.29, 1.82) is 0 Å². The second-order valence-electron chi connectivity index (χ2n) is 25.9. The third kappa shape index (κ3) is 73.5. The SMILES string of the molecule is CC/C=C\C/C=C\C/C=C\C/C=C\C/C=C\CCCCCC(=O)OCC(COP(=O)(O)OCC(O)COP(=O)(O)OCC(COC(=O)CCCCCCCC/C=C\C/C=C\C/C=C\C/C=C\CC)OC(=O)CCCCCCCCCCCCC)OC(=O)CCCCCCC/C=C\C/C=C\CCC. The van der Waals surface area contributed by atoms with Crippen molar-refractivity contribution in [2.24, 2.45) is 0 Å². The Labute approximate surface area is 618 Å². The minimum Gasteiger partial charge on any atom is -0.462 e. The molecule has 0 aliphatic carbocycles. The molecule has 0 heterocycles. The van der Waals surface area contributed by atoms with E-state index >= 15 is 0 Å². The zero-order valence-corrected chi connectivity index (χ0v) is 65.5. The van der Waals surface area contributed by atoms with Crippen LogP contribution in [0.25, 0.3) is 0 Å². The molecule has 0 bridgehead atoms. The summed E-state index contributed by atoms with van der Waals surface area (Å²) < 4.78 is 68.5. The molecule has 3 N–H and O–H groups in total. The molecule has 0 aromatic rings. The van der Waals surface area contributed by atoms with Crippen LogP contribution in [0.2, 0.25) is 0 Å². The van der Waals surface area contributed by atoms with Gasteiger partial charge in [0.15, 0.2) is 12.2 Å². The van der Waals surface area contributed by atoms with Crippen LogP contribution in [0.3, 0.4) is 0 Å². The average molecular weight is 1470 g/mol. The van der Waals surface area contributed by atoms with Crippen LogP contribution in [0, 0.1) is 0 Å². The van der Waals surface area contributed by atoms with Gasteiger partial charge in [0.1, 0.15) is 19.3 Å². The monoisotopic (exact) mass is 1470 g/mol. The number of aliphatic hydroxyl groups excluding tert-OH is 1. The van der Waals surface area contributed by atoms with Gasteiger partial charge in [0.25, 0.3) is 0 Å². The van der Waals surface area contributed by atoms with Gasteiger partial charge in [0, 0.05) is 25.7 Å². The summed E-state index contributed by atoms with van der Waals surface area (Å²) in [5, 5.41) is 10.6. The summed E-state index contributed by atoms with van der Waals surface area (Å²) in [6, 6.07) is 0. The molecular weight excluding hydrogens is 1330 g/mol. The topological polar surface area (TPSA) is 237 Å². The molecule has 17 nitrogen and oxygen atoms in total. The highest BCUT2D eigenvalue weighted by Crippen LogP contribution is 2.45. The molecule has 0 saturated heterocycles. The summed E-state index contributed by atoms with van der Waals surface area (Å²) in [4.78, 5) is 72.9. The molecule has 19 heteroatoms. The number of unbranched alkanes of at least 4 members (excludes halogenated alkanes) is 25. The molecule has 0 amide bonds. The first kappa shape index (κ1) is 97.2. The second kappa shape index (κ2) is 74.5. The van der Waals surface area contributed by atoms with Crippen molar-refractivity contribution in [3.05, 3.63) is 134 Å². The number of hydrogen-bond donors (Lipinski definition) is 3. The van der Waals surface area contributed by atoms with E-state index in [4.69, 9.17) is 37.0 Å². The predicted molar refractivity (Wildman–Crippen MR) is 418 cm³/mol. The molecule has 0 aliphatic heterocycles. The minimum atomic E-state index is -4.99. The predicted octanol–water partition coefficient (Wildman–Crippen LogP) is 22.9. The summed E-state index contributed by atoms with van der Waals surface area (Å²) in [5.41, 5.74) is 0. The Morgan fingerprint density at radius 1 is 0.284 bits per heavy atom. The number of carbonyl (C=O) groups is 4. The summed E-state index contributed by atoms with van der Waals surface area (Å²) >= 11 is 0. The van der Waals surface area contributed by atoms with Crippen LogP contribution in [0.15, 0.2) is 134 Å². The van der Waals surface area contributed by atoms with Gasteiger partial charge >= 0.3 is 39.5 Å². The van der Waals surface area contributed by atoms with Crippen LogP contribution >= 0.6 is 15.6 Å². The van der Waals surface area contributed by atoms with Crippen LogP contribution in [-0.2, 0) is 65.4 Å². The first-order valence-corrected chi connectivity index (χ1v) is 42.4. The maximum atomic E-state index is 13.1. The number of phosphoric acid groups is 2. The van der Waals surface area contributed by atoms with E-state index in [2.05, 4.69) is 161 Å². The third-order valence-electron chi connectivity index (χ3n) is 16.1. The minimum absolute atomic E-state index is 0.0683. The first-order chi connectivity index (χ1) is 49.7. The van der Waals surface area contributed by atoms with E-state index in [0.29, 0.717) is 25.7 Å². The van der Waals surface area contributed by atoms with Crippen LogP contribution < -0.4 is 0 Å².